The number of nitrogens with zero attached hydrogens (tertiary/aromatic N) is 5. The number of hydrogen-bond acceptors (Lipinski definition) is 5. The van der Waals surface area contributed by atoms with Gasteiger partial charge >= 0.3 is 0 Å². The molecule has 0 spiro atoms. The normalized spacial score (nSPS) is 10.2. The Kier molecular flexibility index (Phi) is 2.86. The Morgan fingerprint density at radius 2 is 2.05 bits per heavy atom. The van der Waals surface area contributed by atoms with Gasteiger partial charge in [0.2, 0.25) is 0 Å². The molecule has 0 fully saturated rings. The van der Waals surface area contributed by atoms with Crippen LogP contribution >= 0.6 is 0 Å². The number of anilines is 1. The molecular weight excluding hydrogens is 252 g/mol. The second-order valence-corrected chi connectivity index (χ2v) is 4.11. The Balaban J connectivity index is 2.02. The molecule has 0 unspecified atom stereocenters. The van der Waals surface area contributed by atoms with E-state index in [4.69, 9.17) is 11.0 Å². The predicted octanol–water partition coefficient (Wildman–Crippen LogP) is 1.78. The van der Waals surface area contributed by atoms with E-state index in [1.54, 1.807) is 18.5 Å². The minimum Gasteiger partial charge on any atom is -0.398 e. The smallest absolute Gasteiger partial charge is 0.251 e. The SMILES string of the molecule is N#Cc1ccnc(-n2cc(-c3ccccc3N)cn2)n1. The van der Waals surface area contributed by atoms with E-state index in [0.717, 1.165) is 11.1 Å². The first-order chi connectivity index (χ1) is 9.78. The van der Waals surface area contributed by atoms with Gasteiger partial charge in [0.05, 0.1) is 6.20 Å². The summed E-state index contributed by atoms with van der Waals surface area (Å²) in [5.41, 5.74) is 8.68. The minimum atomic E-state index is 0.297. The summed E-state index contributed by atoms with van der Waals surface area (Å²) in [6.07, 6.45) is 5.00. The fourth-order valence-electron chi connectivity index (χ4n) is 1.85. The maximum atomic E-state index is 8.84. The summed E-state index contributed by atoms with van der Waals surface area (Å²) in [5, 5.41) is 13.0. The van der Waals surface area contributed by atoms with E-state index in [-0.39, 0.29) is 0 Å². The van der Waals surface area contributed by atoms with Crippen molar-refractivity contribution < 1.29 is 0 Å². The first-order valence-corrected chi connectivity index (χ1v) is 5.91. The van der Waals surface area contributed by atoms with Gasteiger partial charge in [-0.05, 0) is 12.1 Å². The third-order valence-electron chi connectivity index (χ3n) is 2.82. The van der Waals surface area contributed by atoms with E-state index >= 15 is 0 Å². The van der Waals surface area contributed by atoms with Gasteiger partial charge in [-0.3, -0.25) is 0 Å². The quantitative estimate of drug-likeness (QED) is 0.710. The molecule has 96 valence electrons. The topological polar surface area (TPSA) is 93.4 Å². The van der Waals surface area contributed by atoms with Gasteiger partial charge in [-0.2, -0.15) is 10.4 Å². The van der Waals surface area contributed by atoms with Crippen LogP contribution in [0.15, 0.2) is 48.9 Å². The highest BCUT2D eigenvalue weighted by Crippen LogP contribution is 2.25. The molecule has 0 bridgehead atoms. The van der Waals surface area contributed by atoms with E-state index in [9.17, 15) is 0 Å². The monoisotopic (exact) mass is 262 g/mol. The number of nitrogen functional groups attached to an aromatic ring is 1. The molecule has 1 aromatic carbocycles. The summed E-state index contributed by atoms with van der Waals surface area (Å²) < 4.78 is 1.52. The predicted molar refractivity (Wildman–Crippen MR) is 73.7 cm³/mol. The van der Waals surface area contributed by atoms with Crippen LogP contribution in [0.5, 0.6) is 0 Å². The zero-order valence-electron chi connectivity index (χ0n) is 10.4. The molecule has 0 atom stereocenters. The standard InChI is InChI=1S/C14H10N6/c15-7-11-5-6-17-14(19-11)20-9-10(8-18-20)12-3-1-2-4-13(12)16/h1-6,8-9H,16H2. The lowest BCUT2D eigenvalue weighted by Crippen LogP contribution is -2.02. The summed E-state index contributed by atoms with van der Waals surface area (Å²) in [7, 11) is 0. The van der Waals surface area contributed by atoms with Gasteiger partial charge in [-0.25, -0.2) is 14.6 Å². The van der Waals surface area contributed by atoms with E-state index in [1.165, 1.54) is 10.9 Å². The Morgan fingerprint density at radius 1 is 1.20 bits per heavy atom. The number of para-hydroxylation sites is 1. The van der Waals surface area contributed by atoms with Crippen molar-refractivity contribution in [1.29, 1.82) is 5.26 Å². The lowest BCUT2D eigenvalue weighted by Gasteiger charge is -2.01. The van der Waals surface area contributed by atoms with Crippen LogP contribution in [0.25, 0.3) is 17.1 Å². The lowest BCUT2D eigenvalue weighted by atomic mass is 10.1. The van der Waals surface area contributed by atoms with E-state index in [0.29, 0.717) is 17.3 Å². The maximum Gasteiger partial charge on any atom is 0.251 e. The van der Waals surface area contributed by atoms with Crippen LogP contribution in [-0.4, -0.2) is 19.7 Å². The number of aromatic nitrogens is 4. The molecule has 2 heterocycles. The molecular formula is C14H10N6. The molecule has 0 radical (unpaired) electrons. The highest BCUT2D eigenvalue weighted by atomic mass is 15.3. The van der Waals surface area contributed by atoms with Crippen LogP contribution in [0.4, 0.5) is 5.69 Å². The Hall–Kier alpha value is -3.20. The number of rotatable bonds is 2. The number of hydrogen-bond donors (Lipinski definition) is 1. The van der Waals surface area contributed by atoms with Gasteiger partial charge in [-0.15, -0.1) is 0 Å². The van der Waals surface area contributed by atoms with Crippen molar-refractivity contribution in [2.24, 2.45) is 0 Å². The lowest BCUT2D eigenvalue weighted by molar-refractivity contribution is 0.805. The van der Waals surface area contributed by atoms with Gasteiger partial charge in [0.15, 0.2) is 0 Å². The molecule has 0 amide bonds. The van der Waals surface area contributed by atoms with E-state index < -0.39 is 0 Å². The van der Waals surface area contributed by atoms with Crippen LogP contribution in [0, 0.1) is 11.3 Å². The summed E-state index contributed by atoms with van der Waals surface area (Å²) >= 11 is 0. The molecule has 0 saturated heterocycles. The number of nitrogens with two attached hydrogens (primary N) is 1. The van der Waals surface area contributed by atoms with Gasteiger partial charge < -0.3 is 5.73 Å². The number of nitriles is 1. The molecule has 3 aromatic rings. The molecule has 0 saturated carbocycles. The van der Waals surface area contributed by atoms with Crippen molar-refractivity contribution in [1.82, 2.24) is 19.7 Å². The van der Waals surface area contributed by atoms with E-state index in [1.807, 2.05) is 30.3 Å². The molecule has 2 N–H and O–H groups in total. The second-order valence-electron chi connectivity index (χ2n) is 4.11. The number of benzene rings is 1. The van der Waals surface area contributed by atoms with Crippen molar-refractivity contribution >= 4 is 5.69 Å². The van der Waals surface area contributed by atoms with E-state index in [2.05, 4.69) is 15.1 Å². The molecule has 6 nitrogen and oxygen atoms in total. The highest BCUT2D eigenvalue weighted by Gasteiger charge is 2.08. The summed E-state index contributed by atoms with van der Waals surface area (Å²) in [6.45, 7) is 0. The molecule has 3 rings (SSSR count). The zero-order valence-corrected chi connectivity index (χ0v) is 10.4. The molecule has 2 aromatic heterocycles. The Bertz CT molecular complexity index is 799. The summed E-state index contributed by atoms with van der Waals surface area (Å²) in [5.74, 6) is 0.352. The minimum absolute atomic E-state index is 0.297. The van der Waals surface area contributed by atoms with Gasteiger partial charge in [-0.1, -0.05) is 18.2 Å². The molecule has 0 aliphatic carbocycles. The second kappa shape index (κ2) is 4.82. The van der Waals surface area contributed by atoms with Gasteiger partial charge in [0.1, 0.15) is 11.8 Å². The van der Waals surface area contributed by atoms with Crippen LogP contribution in [-0.2, 0) is 0 Å². The van der Waals surface area contributed by atoms with Crippen molar-refractivity contribution in [2.75, 3.05) is 5.73 Å². The van der Waals surface area contributed by atoms with Crippen molar-refractivity contribution in [2.45, 2.75) is 0 Å². The molecule has 0 aliphatic heterocycles. The Morgan fingerprint density at radius 3 is 2.85 bits per heavy atom. The summed E-state index contributed by atoms with van der Waals surface area (Å²) in [6, 6.07) is 11.1. The Labute approximate surface area is 115 Å². The van der Waals surface area contributed by atoms with Crippen LogP contribution < -0.4 is 5.73 Å². The van der Waals surface area contributed by atoms with Crippen molar-refractivity contribution in [3.63, 3.8) is 0 Å². The third-order valence-corrected chi connectivity index (χ3v) is 2.82. The molecule has 0 aliphatic rings. The zero-order chi connectivity index (χ0) is 13.9. The first kappa shape index (κ1) is 11.9. The van der Waals surface area contributed by atoms with Crippen molar-refractivity contribution in [3.8, 4) is 23.1 Å². The molecule has 6 heteroatoms. The average Bonchev–Trinajstić information content (AvgIpc) is 2.97. The van der Waals surface area contributed by atoms with Crippen LogP contribution in [0.1, 0.15) is 5.69 Å². The average molecular weight is 262 g/mol. The fraction of sp³-hybridized carbons (Fsp3) is 0. The van der Waals surface area contributed by atoms with Crippen molar-refractivity contribution in [3.05, 3.63) is 54.6 Å². The van der Waals surface area contributed by atoms with Gasteiger partial charge in [0, 0.05) is 29.2 Å². The third kappa shape index (κ3) is 2.08. The van der Waals surface area contributed by atoms with Crippen LogP contribution in [0.3, 0.4) is 0 Å². The summed E-state index contributed by atoms with van der Waals surface area (Å²) in [4.78, 5) is 8.18. The first-order valence-electron chi connectivity index (χ1n) is 5.91. The molecule has 20 heavy (non-hydrogen) atoms. The largest absolute Gasteiger partial charge is 0.398 e. The van der Waals surface area contributed by atoms with Gasteiger partial charge in [0.25, 0.3) is 5.95 Å². The maximum absolute atomic E-state index is 8.84. The fourth-order valence-corrected chi connectivity index (χ4v) is 1.85. The van der Waals surface area contributed by atoms with Crippen LogP contribution in [0.2, 0.25) is 0 Å². The highest BCUT2D eigenvalue weighted by molar-refractivity contribution is 5.75.